The standard InChI is InChI=1S/C20H27N7O4/c28-19(15-3-1-13(2-4-15)9-25-12-21-22-23-25)24-8-14-7-16(11-24)17-5-6-18(27(30)31)20(29)26(17)10-14/h5-6,12-16,27,30H,1-4,7-11H2/t13?,14-,15?,16-/m1/s1. The van der Waals surface area contributed by atoms with Gasteiger partial charge in [-0.2, -0.15) is 5.23 Å². The number of hydrogen-bond acceptors (Lipinski definition) is 7. The van der Waals surface area contributed by atoms with Gasteiger partial charge < -0.3 is 14.7 Å². The lowest BCUT2D eigenvalue weighted by atomic mass is 9.79. The minimum atomic E-state index is -1.19. The van der Waals surface area contributed by atoms with Gasteiger partial charge in [-0.25, -0.2) is 9.89 Å². The molecular weight excluding hydrogens is 402 g/mol. The lowest BCUT2D eigenvalue weighted by molar-refractivity contribution is -0.992. The third-order valence-corrected chi connectivity index (χ3v) is 7.18. The number of amides is 1. The van der Waals surface area contributed by atoms with Crippen molar-refractivity contribution in [1.29, 1.82) is 0 Å². The van der Waals surface area contributed by atoms with E-state index in [2.05, 4.69) is 15.5 Å². The van der Waals surface area contributed by atoms with Crippen LogP contribution in [0.2, 0.25) is 0 Å². The summed E-state index contributed by atoms with van der Waals surface area (Å²) in [5.74, 6) is 1.06. The normalized spacial score (nSPS) is 28.8. The quantitative estimate of drug-likeness (QED) is 0.637. The summed E-state index contributed by atoms with van der Waals surface area (Å²) in [5.41, 5.74) is 0.240. The molecule has 11 nitrogen and oxygen atoms in total. The Morgan fingerprint density at radius 2 is 2.00 bits per heavy atom. The summed E-state index contributed by atoms with van der Waals surface area (Å²) in [6.07, 6.45) is 6.33. The van der Waals surface area contributed by atoms with Crippen LogP contribution in [0.3, 0.4) is 0 Å². The second kappa shape index (κ2) is 8.13. The Labute approximate surface area is 178 Å². The van der Waals surface area contributed by atoms with Crippen LogP contribution in [-0.4, -0.2) is 53.9 Å². The average Bonchev–Trinajstić information content (AvgIpc) is 3.27. The molecule has 2 aliphatic heterocycles. The summed E-state index contributed by atoms with van der Waals surface area (Å²) in [4.78, 5) is 27.8. The molecule has 2 aromatic rings. The molecule has 11 heteroatoms. The zero-order valence-electron chi connectivity index (χ0n) is 17.3. The van der Waals surface area contributed by atoms with Crippen LogP contribution in [0.25, 0.3) is 0 Å². The zero-order chi connectivity index (χ0) is 21.5. The van der Waals surface area contributed by atoms with Gasteiger partial charge in [-0.1, -0.05) is 0 Å². The number of hydrogen-bond donors (Lipinski definition) is 2. The Morgan fingerprint density at radius 3 is 2.71 bits per heavy atom. The molecule has 3 aliphatic rings. The van der Waals surface area contributed by atoms with Gasteiger partial charge in [0.05, 0.1) is 0 Å². The van der Waals surface area contributed by atoms with E-state index in [4.69, 9.17) is 0 Å². The molecule has 31 heavy (non-hydrogen) atoms. The Morgan fingerprint density at radius 1 is 1.19 bits per heavy atom. The molecule has 1 saturated carbocycles. The Hall–Kier alpha value is -2.63. The molecule has 3 atom stereocenters. The fourth-order valence-electron chi connectivity index (χ4n) is 5.67. The number of rotatable bonds is 4. The van der Waals surface area contributed by atoms with Crippen LogP contribution >= 0.6 is 0 Å². The van der Waals surface area contributed by atoms with Crippen molar-refractivity contribution in [2.24, 2.45) is 17.8 Å². The summed E-state index contributed by atoms with van der Waals surface area (Å²) in [6, 6.07) is 3.16. The van der Waals surface area contributed by atoms with Crippen molar-refractivity contribution in [2.75, 3.05) is 13.1 Å². The predicted molar refractivity (Wildman–Crippen MR) is 107 cm³/mol. The number of aromatic nitrogens is 5. The lowest BCUT2D eigenvalue weighted by Gasteiger charge is -2.44. The Bertz CT molecular complexity index is 997. The summed E-state index contributed by atoms with van der Waals surface area (Å²) in [5, 5.41) is 30.6. The highest BCUT2D eigenvalue weighted by Crippen LogP contribution is 2.37. The maximum Gasteiger partial charge on any atom is 0.315 e. The third kappa shape index (κ3) is 3.88. The molecule has 1 aliphatic carbocycles. The Balaban J connectivity index is 1.24. The summed E-state index contributed by atoms with van der Waals surface area (Å²) in [7, 11) is 0. The molecule has 5 rings (SSSR count). The molecule has 2 aromatic heterocycles. The molecule has 4 heterocycles. The van der Waals surface area contributed by atoms with E-state index in [9.17, 15) is 20.0 Å². The molecule has 2 fully saturated rings. The number of pyridine rings is 1. The third-order valence-electron chi connectivity index (χ3n) is 7.18. The van der Waals surface area contributed by atoms with Crippen molar-refractivity contribution in [3.05, 3.63) is 39.7 Å². The lowest BCUT2D eigenvalue weighted by Crippen LogP contribution is -3.00. The maximum absolute atomic E-state index is 13.3. The van der Waals surface area contributed by atoms with E-state index >= 15 is 0 Å². The number of fused-ring (bicyclic) bond motifs is 4. The maximum atomic E-state index is 13.3. The first-order valence-corrected chi connectivity index (χ1v) is 11.0. The summed E-state index contributed by atoms with van der Waals surface area (Å²) < 4.78 is 3.38. The number of piperidine rings is 1. The number of likely N-dealkylation sites (tertiary alicyclic amines) is 1. The van der Waals surface area contributed by atoms with Gasteiger partial charge in [0.2, 0.25) is 11.6 Å². The number of carbonyl (C=O) groups is 1. The van der Waals surface area contributed by atoms with Crippen molar-refractivity contribution in [3.63, 3.8) is 0 Å². The second-order valence-electron chi connectivity index (χ2n) is 9.18. The molecule has 1 unspecified atom stereocenters. The summed E-state index contributed by atoms with van der Waals surface area (Å²) in [6.45, 7) is 2.52. The highest BCUT2D eigenvalue weighted by atomic mass is 16.8. The molecule has 2 N–H and O–H groups in total. The van der Waals surface area contributed by atoms with E-state index < -0.39 is 10.8 Å². The van der Waals surface area contributed by atoms with E-state index in [-0.39, 0.29) is 29.3 Å². The first kappa shape index (κ1) is 20.3. The van der Waals surface area contributed by atoms with Crippen LogP contribution in [-0.2, 0) is 17.9 Å². The van der Waals surface area contributed by atoms with Gasteiger partial charge in [0.1, 0.15) is 6.33 Å². The van der Waals surface area contributed by atoms with Crippen molar-refractivity contribution in [3.8, 4) is 0 Å². The largest absolute Gasteiger partial charge is 0.595 e. The Kier molecular flexibility index (Phi) is 5.32. The second-order valence-corrected chi connectivity index (χ2v) is 9.18. The average molecular weight is 429 g/mol. The fourth-order valence-corrected chi connectivity index (χ4v) is 5.67. The van der Waals surface area contributed by atoms with Crippen molar-refractivity contribution in [1.82, 2.24) is 29.7 Å². The van der Waals surface area contributed by atoms with Crippen molar-refractivity contribution < 1.29 is 15.2 Å². The van der Waals surface area contributed by atoms with Crippen LogP contribution in [0, 0.1) is 23.0 Å². The zero-order valence-corrected chi connectivity index (χ0v) is 17.3. The minimum absolute atomic E-state index is 0.0560. The monoisotopic (exact) mass is 429 g/mol. The van der Waals surface area contributed by atoms with Crippen LogP contribution in [0.5, 0.6) is 0 Å². The van der Waals surface area contributed by atoms with Gasteiger partial charge >= 0.3 is 5.56 Å². The van der Waals surface area contributed by atoms with E-state index in [1.165, 1.54) is 6.07 Å². The van der Waals surface area contributed by atoms with E-state index in [0.29, 0.717) is 25.6 Å². The molecule has 0 spiro atoms. The van der Waals surface area contributed by atoms with Crippen molar-refractivity contribution >= 4 is 11.6 Å². The minimum Gasteiger partial charge on any atom is -0.595 e. The number of nitrogens with zero attached hydrogens (tertiary/aromatic N) is 6. The molecule has 1 amide bonds. The molecule has 166 valence electrons. The number of nitrogens with one attached hydrogen (secondary N) is 1. The molecular formula is C20H27N7O4. The smallest absolute Gasteiger partial charge is 0.315 e. The number of carbonyl (C=O) groups excluding carboxylic acids is 1. The van der Waals surface area contributed by atoms with Gasteiger partial charge in [-0.15, -0.1) is 5.10 Å². The molecule has 2 bridgehead atoms. The topological polar surface area (TPSA) is 134 Å². The predicted octanol–water partition coefficient (Wildman–Crippen LogP) is -0.309. The van der Waals surface area contributed by atoms with Gasteiger partial charge in [0.15, 0.2) is 0 Å². The highest BCUT2D eigenvalue weighted by Gasteiger charge is 2.39. The van der Waals surface area contributed by atoms with Gasteiger partial charge in [-0.3, -0.25) is 9.59 Å². The van der Waals surface area contributed by atoms with E-state index in [1.54, 1.807) is 21.6 Å². The van der Waals surface area contributed by atoms with Crippen LogP contribution in [0.15, 0.2) is 23.3 Å². The van der Waals surface area contributed by atoms with Crippen LogP contribution < -0.4 is 10.8 Å². The molecule has 1 saturated heterocycles. The summed E-state index contributed by atoms with van der Waals surface area (Å²) >= 11 is 0. The van der Waals surface area contributed by atoms with Gasteiger partial charge in [-0.05, 0) is 60.4 Å². The first-order valence-electron chi connectivity index (χ1n) is 11.0. The van der Waals surface area contributed by atoms with Crippen LogP contribution in [0.1, 0.15) is 43.7 Å². The van der Waals surface area contributed by atoms with Gasteiger partial charge in [0.25, 0.3) is 0 Å². The van der Waals surface area contributed by atoms with E-state index in [0.717, 1.165) is 44.3 Å². The SMILES string of the molecule is O=C(C1CCC(Cn2cnnn2)CC1)N1C[C@H]2C[C@H](C1)c1ccc([NH+]([O-])O)c(=O)n1C2. The number of quaternary nitrogens is 1. The van der Waals surface area contributed by atoms with Crippen LogP contribution in [0.4, 0.5) is 5.69 Å². The first-order chi connectivity index (χ1) is 15.0. The highest BCUT2D eigenvalue weighted by molar-refractivity contribution is 5.79. The van der Waals surface area contributed by atoms with Crippen molar-refractivity contribution in [2.45, 2.75) is 51.1 Å². The molecule has 0 aromatic carbocycles. The fraction of sp³-hybridized carbons (Fsp3) is 0.650. The molecule has 0 radical (unpaired) electrons. The van der Waals surface area contributed by atoms with E-state index in [1.807, 2.05) is 4.90 Å². The van der Waals surface area contributed by atoms with Gasteiger partial charge in [0, 0.05) is 49.8 Å². The number of tetrazole rings is 1.